The van der Waals surface area contributed by atoms with Gasteiger partial charge in [-0.1, -0.05) is 31.5 Å². The number of amides is 1. The molecular weight excluding hydrogens is 483 g/mol. The van der Waals surface area contributed by atoms with Crippen LogP contribution in [0.1, 0.15) is 79.1 Å². The molecule has 3 fully saturated rings. The Kier molecular flexibility index (Phi) is 8.13. The second-order valence-corrected chi connectivity index (χ2v) is 12.1. The second-order valence-electron chi connectivity index (χ2n) is 12.1. The lowest BCUT2D eigenvalue weighted by Crippen LogP contribution is -2.51. The van der Waals surface area contributed by atoms with Crippen LogP contribution >= 0.6 is 0 Å². The Hall–Kier alpha value is -1.90. The van der Waals surface area contributed by atoms with Gasteiger partial charge < -0.3 is 5.32 Å². The van der Waals surface area contributed by atoms with Crippen molar-refractivity contribution in [2.75, 3.05) is 26.2 Å². The van der Waals surface area contributed by atoms with Crippen LogP contribution in [-0.4, -0.2) is 54.8 Å². The van der Waals surface area contributed by atoms with Crippen molar-refractivity contribution in [3.8, 4) is 0 Å². The molecule has 208 valence electrons. The molecule has 0 unspecified atom stereocenters. The van der Waals surface area contributed by atoms with Gasteiger partial charge in [-0.2, -0.15) is 13.2 Å². The van der Waals surface area contributed by atoms with E-state index in [0.29, 0.717) is 41.3 Å². The van der Waals surface area contributed by atoms with Gasteiger partial charge in [-0.05, 0) is 93.1 Å². The van der Waals surface area contributed by atoms with Crippen molar-refractivity contribution in [1.29, 1.82) is 0 Å². The van der Waals surface area contributed by atoms with Gasteiger partial charge in [-0.3, -0.25) is 14.5 Å². The van der Waals surface area contributed by atoms with Crippen LogP contribution in [0.2, 0.25) is 0 Å². The zero-order valence-electron chi connectivity index (χ0n) is 22.6. The molecule has 4 aliphatic rings. The van der Waals surface area contributed by atoms with Crippen LogP contribution in [0.15, 0.2) is 16.8 Å². The van der Waals surface area contributed by atoms with Gasteiger partial charge in [-0.15, -0.1) is 0 Å². The molecule has 6 atom stereocenters. The number of ketones is 1. The summed E-state index contributed by atoms with van der Waals surface area (Å²) in [5, 5.41) is 7.04. The second kappa shape index (κ2) is 10.7. The third-order valence-corrected chi connectivity index (χ3v) is 10.2. The summed E-state index contributed by atoms with van der Waals surface area (Å²) in [5.41, 5.74) is 2.19. The van der Waals surface area contributed by atoms with Gasteiger partial charge in [0.2, 0.25) is 0 Å². The first-order chi connectivity index (χ1) is 17.4. The monoisotopic (exact) mass is 525 g/mol. The molecule has 0 heterocycles. The molecule has 3 saturated carbocycles. The molecule has 1 N–H and O–H groups in total. The normalized spacial score (nSPS) is 35.8. The molecule has 4 rings (SSSR count). The number of nitrogens with one attached hydrogen (secondary N) is 1. The lowest BCUT2D eigenvalue weighted by molar-refractivity contribution is -0.142. The van der Waals surface area contributed by atoms with Crippen LogP contribution in [0.25, 0.3) is 0 Å². The molecule has 37 heavy (non-hydrogen) atoms. The summed E-state index contributed by atoms with van der Waals surface area (Å²) in [7, 11) is 0. The zero-order valence-corrected chi connectivity index (χ0v) is 22.6. The number of hydrogen-bond acceptors (Lipinski definition) is 5. The topological polar surface area (TPSA) is 71.0 Å². The van der Waals surface area contributed by atoms with Crippen LogP contribution in [0.4, 0.5) is 18.0 Å². The maximum absolute atomic E-state index is 13.0. The number of halogens is 3. The highest BCUT2D eigenvalue weighted by Crippen LogP contribution is 2.66. The number of allylic oxidation sites excluding steroid dienone is 1. The fourth-order valence-electron chi connectivity index (χ4n) is 8.32. The molecule has 0 aliphatic heterocycles. The fourth-order valence-corrected chi connectivity index (χ4v) is 8.32. The number of oxime groups is 1. The van der Waals surface area contributed by atoms with Crippen LogP contribution in [0.3, 0.4) is 0 Å². The lowest BCUT2D eigenvalue weighted by atomic mass is 9.46. The first-order valence-corrected chi connectivity index (χ1v) is 13.9. The third-order valence-electron chi connectivity index (χ3n) is 10.2. The molecule has 0 spiro atoms. The van der Waals surface area contributed by atoms with E-state index < -0.39 is 18.8 Å². The number of alkyl halides is 3. The maximum atomic E-state index is 13.0. The maximum Gasteiger partial charge on any atom is 0.436 e. The highest BCUT2D eigenvalue weighted by atomic mass is 19.4. The molecule has 6 nitrogen and oxygen atoms in total. The molecule has 0 aromatic carbocycles. The van der Waals surface area contributed by atoms with Crippen LogP contribution in [-0.2, 0) is 9.63 Å². The van der Waals surface area contributed by atoms with Crippen molar-refractivity contribution in [2.24, 2.45) is 39.7 Å². The van der Waals surface area contributed by atoms with Crippen molar-refractivity contribution in [3.05, 3.63) is 11.6 Å². The van der Waals surface area contributed by atoms with Crippen LogP contribution in [0, 0.1) is 34.5 Å². The minimum Gasteiger partial charge on any atom is -0.315 e. The molecule has 0 radical (unpaired) electrons. The van der Waals surface area contributed by atoms with Gasteiger partial charge in [0.1, 0.15) is 6.54 Å². The average molecular weight is 526 g/mol. The van der Waals surface area contributed by atoms with Crippen LogP contribution in [0.5, 0.6) is 0 Å². The van der Waals surface area contributed by atoms with Crippen molar-refractivity contribution in [1.82, 2.24) is 10.2 Å². The van der Waals surface area contributed by atoms with E-state index in [1.54, 1.807) is 0 Å². The van der Waals surface area contributed by atoms with E-state index in [2.05, 4.69) is 24.3 Å². The Morgan fingerprint density at radius 1 is 1.16 bits per heavy atom. The van der Waals surface area contributed by atoms with Gasteiger partial charge in [0.05, 0.1) is 5.71 Å². The largest absolute Gasteiger partial charge is 0.436 e. The fraction of sp³-hybridized carbons (Fsp3) is 0.821. The van der Waals surface area contributed by atoms with Crippen molar-refractivity contribution >= 4 is 17.6 Å². The number of carbonyl (C=O) groups excluding carboxylic acids is 2. The van der Waals surface area contributed by atoms with Gasteiger partial charge in [0.15, 0.2) is 5.78 Å². The third kappa shape index (κ3) is 5.62. The number of fused-ring (bicyclic) bond motifs is 5. The molecule has 0 saturated heterocycles. The lowest BCUT2D eigenvalue weighted by Gasteiger charge is -2.58. The summed E-state index contributed by atoms with van der Waals surface area (Å²) in [4.78, 5) is 30.3. The molecular formula is C28H42F3N3O3. The minimum absolute atomic E-state index is 0.0277. The molecule has 4 aliphatic carbocycles. The van der Waals surface area contributed by atoms with Crippen molar-refractivity contribution < 1.29 is 27.6 Å². The molecule has 9 heteroatoms. The summed E-state index contributed by atoms with van der Waals surface area (Å²) in [6.45, 7) is 7.78. The van der Waals surface area contributed by atoms with Crippen molar-refractivity contribution in [3.63, 3.8) is 0 Å². The number of rotatable bonds is 7. The Morgan fingerprint density at radius 3 is 2.62 bits per heavy atom. The van der Waals surface area contributed by atoms with Gasteiger partial charge in [0, 0.05) is 25.4 Å². The Bertz CT molecular complexity index is 949. The number of carbonyl (C=O) groups is 2. The Balaban J connectivity index is 1.44. The number of likely N-dealkylation sites (N-methyl/N-ethyl adjacent to an activating group) is 1. The minimum atomic E-state index is -4.51. The average Bonchev–Trinajstić information content (AvgIpc) is 3.19. The van der Waals surface area contributed by atoms with E-state index in [9.17, 15) is 22.8 Å². The molecule has 0 aromatic heterocycles. The Labute approximate surface area is 218 Å². The smallest absolute Gasteiger partial charge is 0.315 e. The van der Waals surface area contributed by atoms with E-state index in [4.69, 9.17) is 4.84 Å². The summed E-state index contributed by atoms with van der Waals surface area (Å²) >= 11 is 0. The predicted molar refractivity (Wildman–Crippen MR) is 136 cm³/mol. The van der Waals surface area contributed by atoms with E-state index in [-0.39, 0.29) is 35.6 Å². The van der Waals surface area contributed by atoms with Gasteiger partial charge in [-0.25, -0.2) is 4.79 Å². The standard InChI is InChI=1S/C28H42F3N3O3/c1-5-32-14-15-34(17-28(29,30)31)25(36)37-33-18(2)22-8-9-23-21-7-6-19-16-20(35)10-12-26(19,3)24(21)11-13-27(22,23)4/h16,21-24,32H,5-15,17H2,1-4H3/b33-18+/t21-,22+,23-,24-,26-,27+/m0/s1. The molecule has 0 bridgehead atoms. The molecule has 1 amide bonds. The van der Waals surface area contributed by atoms with E-state index in [1.807, 2.05) is 19.9 Å². The highest BCUT2D eigenvalue weighted by Gasteiger charge is 2.59. The quantitative estimate of drug-likeness (QED) is 0.188. The number of hydrogen-bond donors (Lipinski definition) is 1. The summed E-state index contributed by atoms with van der Waals surface area (Å²) in [6.07, 6.45) is 4.23. The van der Waals surface area contributed by atoms with Crippen molar-refractivity contribution in [2.45, 2.75) is 85.2 Å². The predicted octanol–water partition coefficient (Wildman–Crippen LogP) is 6.12. The molecule has 0 aromatic rings. The SMILES string of the molecule is CCNCCN(CC(F)(F)F)C(=O)O/N=C(\C)[C@H]1CC[C@H]2[C@@H]3CCC4=CC(=O)CC[C@]4(C)[C@H]3CC[C@]12C. The Morgan fingerprint density at radius 2 is 1.92 bits per heavy atom. The number of nitrogens with zero attached hydrogens (tertiary/aromatic N) is 2. The first-order valence-electron chi connectivity index (χ1n) is 13.9. The van der Waals surface area contributed by atoms with E-state index in [0.717, 1.165) is 44.9 Å². The van der Waals surface area contributed by atoms with Gasteiger partial charge in [0.25, 0.3) is 0 Å². The summed E-state index contributed by atoms with van der Waals surface area (Å²) < 4.78 is 39.0. The summed E-state index contributed by atoms with van der Waals surface area (Å²) in [6, 6.07) is 0. The van der Waals surface area contributed by atoms with Gasteiger partial charge >= 0.3 is 12.3 Å². The highest BCUT2D eigenvalue weighted by molar-refractivity contribution is 5.91. The van der Waals surface area contributed by atoms with E-state index >= 15 is 0 Å². The summed E-state index contributed by atoms with van der Waals surface area (Å²) in [5.74, 6) is 2.13. The van der Waals surface area contributed by atoms with E-state index in [1.165, 1.54) is 5.57 Å². The zero-order chi connectivity index (χ0) is 27.0. The van der Waals surface area contributed by atoms with Crippen LogP contribution < -0.4 is 5.32 Å². The first kappa shape index (κ1) is 28.1.